The van der Waals surface area contributed by atoms with Gasteiger partial charge in [-0.05, 0) is 12.1 Å². The lowest BCUT2D eigenvalue weighted by atomic mass is 10.3. The monoisotopic (exact) mass is 355 g/mol. The first-order chi connectivity index (χ1) is 8.92. The molecule has 108 valence electrons. The molecule has 1 aromatic carbocycles. The molecule has 0 unspecified atom stereocenters. The van der Waals surface area contributed by atoms with Crippen LogP contribution >= 0.6 is 15.9 Å². The lowest BCUT2D eigenvalue weighted by Gasteiger charge is -2.25. The van der Waals surface area contributed by atoms with Gasteiger partial charge in [-0.25, -0.2) is 17.2 Å². The second-order valence-corrected chi connectivity index (χ2v) is 6.94. The quantitative estimate of drug-likeness (QED) is 0.705. The molecule has 0 N–H and O–H groups in total. The summed E-state index contributed by atoms with van der Waals surface area (Å²) in [5.41, 5.74) is 0.337. The number of nitrogens with zero attached hydrogens (tertiary/aromatic N) is 1. The lowest BCUT2D eigenvalue weighted by molar-refractivity contribution is 0.155. The van der Waals surface area contributed by atoms with E-state index in [4.69, 9.17) is 0 Å². The Kier molecular flexibility index (Phi) is 6.19. The van der Waals surface area contributed by atoms with Gasteiger partial charge in [-0.3, -0.25) is 0 Å². The Balaban J connectivity index is 3.23. The van der Waals surface area contributed by atoms with E-state index in [1.165, 1.54) is 17.9 Å². The van der Waals surface area contributed by atoms with Gasteiger partial charge in [0.25, 0.3) is 6.43 Å². The topological polar surface area (TPSA) is 37.4 Å². The Morgan fingerprint density at radius 1 is 1.32 bits per heavy atom. The van der Waals surface area contributed by atoms with Crippen molar-refractivity contribution >= 4 is 31.5 Å². The second-order valence-electron chi connectivity index (χ2n) is 3.90. The van der Waals surface area contributed by atoms with Crippen LogP contribution in [0.2, 0.25) is 0 Å². The third kappa shape index (κ3) is 4.42. The standard InChI is InChI=1S/C12H16BrF2NO2S/c1-2-19(17,18)11-6-4-3-5-10(11)16(8-7-13)9-12(14)15/h3-6,12H,2,7-9H2,1H3. The maximum atomic E-state index is 12.6. The molecule has 0 atom stereocenters. The Morgan fingerprint density at radius 2 is 1.95 bits per heavy atom. The van der Waals surface area contributed by atoms with E-state index < -0.39 is 22.8 Å². The molecule has 0 aliphatic rings. The Labute approximate surface area is 120 Å². The Hall–Kier alpha value is -0.690. The predicted octanol–water partition coefficient (Wildman–Crippen LogP) is 2.95. The summed E-state index contributed by atoms with van der Waals surface area (Å²) in [6.45, 7) is 1.37. The summed E-state index contributed by atoms with van der Waals surface area (Å²) in [7, 11) is -3.43. The van der Waals surface area contributed by atoms with E-state index in [9.17, 15) is 17.2 Å². The highest BCUT2D eigenvalue weighted by Gasteiger charge is 2.21. The van der Waals surface area contributed by atoms with Crippen LogP contribution in [-0.2, 0) is 9.84 Å². The zero-order valence-electron chi connectivity index (χ0n) is 10.5. The molecule has 0 fully saturated rings. The maximum absolute atomic E-state index is 12.6. The third-order valence-corrected chi connectivity index (χ3v) is 4.76. The second kappa shape index (κ2) is 7.19. The molecule has 0 aromatic heterocycles. The summed E-state index contributed by atoms with van der Waals surface area (Å²) in [5, 5.41) is 0.486. The summed E-state index contributed by atoms with van der Waals surface area (Å²) in [4.78, 5) is 1.50. The van der Waals surface area contributed by atoms with Crippen LogP contribution in [0.15, 0.2) is 29.2 Å². The van der Waals surface area contributed by atoms with Crippen LogP contribution in [-0.4, -0.2) is 39.0 Å². The van der Waals surface area contributed by atoms with Crippen molar-refractivity contribution in [1.82, 2.24) is 0 Å². The van der Waals surface area contributed by atoms with Gasteiger partial charge in [0, 0.05) is 11.9 Å². The minimum absolute atomic E-state index is 0.0547. The van der Waals surface area contributed by atoms with Gasteiger partial charge < -0.3 is 4.90 Å². The fourth-order valence-corrected chi connectivity index (χ4v) is 3.26. The van der Waals surface area contributed by atoms with Crippen molar-refractivity contribution in [3.05, 3.63) is 24.3 Å². The molecule has 7 heteroatoms. The van der Waals surface area contributed by atoms with Crippen molar-refractivity contribution in [2.24, 2.45) is 0 Å². The lowest BCUT2D eigenvalue weighted by Crippen LogP contribution is -2.32. The third-order valence-electron chi connectivity index (χ3n) is 2.63. The molecule has 0 amide bonds. The molecule has 0 aliphatic carbocycles. The number of anilines is 1. The van der Waals surface area contributed by atoms with Crippen LogP contribution in [0.4, 0.5) is 14.5 Å². The molecule has 0 aliphatic heterocycles. The summed E-state index contributed by atoms with van der Waals surface area (Å²) in [5.74, 6) is -0.0547. The molecule has 0 saturated heterocycles. The number of hydrogen-bond donors (Lipinski definition) is 0. The number of hydrogen-bond acceptors (Lipinski definition) is 3. The van der Waals surface area contributed by atoms with E-state index >= 15 is 0 Å². The predicted molar refractivity (Wildman–Crippen MR) is 76.2 cm³/mol. The zero-order valence-corrected chi connectivity index (χ0v) is 12.9. The highest BCUT2D eigenvalue weighted by atomic mass is 79.9. The number of benzene rings is 1. The van der Waals surface area contributed by atoms with Crippen molar-refractivity contribution in [1.29, 1.82) is 0 Å². The smallest absolute Gasteiger partial charge is 0.255 e. The molecule has 0 saturated carbocycles. The van der Waals surface area contributed by atoms with Crippen molar-refractivity contribution in [3.63, 3.8) is 0 Å². The average Bonchev–Trinajstić information content (AvgIpc) is 2.38. The first-order valence-electron chi connectivity index (χ1n) is 5.83. The molecule has 0 heterocycles. The first kappa shape index (κ1) is 16.4. The van der Waals surface area contributed by atoms with E-state index in [1.54, 1.807) is 18.2 Å². The number of para-hydroxylation sites is 1. The largest absolute Gasteiger partial charge is 0.364 e. The van der Waals surface area contributed by atoms with Gasteiger partial charge in [-0.2, -0.15) is 0 Å². The number of sulfone groups is 1. The van der Waals surface area contributed by atoms with Crippen molar-refractivity contribution in [2.45, 2.75) is 18.2 Å². The van der Waals surface area contributed by atoms with Gasteiger partial charge in [0.1, 0.15) is 0 Å². The van der Waals surface area contributed by atoms with Gasteiger partial charge in [0.05, 0.1) is 22.9 Å². The molecule has 0 bridgehead atoms. The molecule has 1 aromatic rings. The maximum Gasteiger partial charge on any atom is 0.255 e. The summed E-state index contributed by atoms with van der Waals surface area (Å²) in [6.07, 6.45) is -2.52. The van der Waals surface area contributed by atoms with E-state index in [0.29, 0.717) is 17.6 Å². The Bertz CT molecular complexity index is 508. The van der Waals surface area contributed by atoms with Crippen molar-refractivity contribution in [3.8, 4) is 0 Å². The SMILES string of the molecule is CCS(=O)(=O)c1ccccc1N(CCBr)CC(F)F. The average molecular weight is 356 g/mol. The van der Waals surface area contributed by atoms with Crippen LogP contribution in [0.3, 0.4) is 0 Å². The molecule has 3 nitrogen and oxygen atoms in total. The molecule has 1 rings (SSSR count). The summed E-state index contributed by atoms with van der Waals surface area (Å²) >= 11 is 3.19. The normalized spacial score (nSPS) is 11.8. The highest BCUT2D eigenvalue weighted by Crippen LogP contribution is 2.26. The van der Waals surface area contributed by atoms with Gasteiger partial charge in [0.2, 0.25) is 0 Å². The fraction of sp³-hybridized carbons (Fsp3) is 0.500. The van der Waals surface area contributed by atoms with Crippen LogP contribution in [0.1, 0.15) is 6.92 Å². The van der Waals surface area contributed by atoms with Gasteiger partial charge in [-0.1, -0.05) is 35.0 Å². The zero-order chi connectivity index (χ0) is 14.5. The highest BCUT2D eigenvalue weighted by molar-refractivity contribution is 9.09. The summed E-state index contributed by atoms with van der Waals surface area (Å²) < 4.78 is 49.2. The Morgan fingerprint density at radius 3 is 2.47 bits per heavy atom. The van der Waals surface area contributed by atoms with Crippen LogP contribution in [0.25, 0.3) is 0 Å². The first-order valence-corrected chi connectivity index (χ1v) is 8.60. The van der Waals surface area contributed by atoms with Gasteiger partial charge in [-0.15, -0.1) is 0 Å². The van der Waals surface area contributed by atoms with E-state index in [1.807, 2.05) is 0 Å². The van der Waals surface area contributed by atoms with E-state index in [2.05, 4.69) is 15.9 Å². The minimum atomic E-state index is -3.43. The molecular formula is C12H16BrF2NO2S. The number of alkyl halides is 3. The minimum Gasteiger partial charge on any atom is -0.364 e. The molecule has 0 radical (unpaired) electrons. The van der Waals surface area contributed by atoms with Gasteiger partial charge >= 0.3 is 0 Å². The van der Waals surface area contributed by atoms with Crippen LogP contribution < -0.4 is 4.90 Å². The number of rotatable bonds is 7. The van der Waals surface area contributed by atoms with Crippen molar-refractivity contribution in [2.75, 3.05) is 29.1 Å². The van der Waals surface area contributed by atoms with Crippen LogP contribution in [0, 0.1) is 0 Å². The molecular weight excluding hydrogens is 340 g/mol. The van der Waals surface area contributed by atoms with E-state index in [0.717, 1.165) is 0 Å². The fourth-order valence-electron chi connectivity index (χ4n) is 1.72. The van der Waals surface area contributed by atoms with Crippen molar-refractivity contribution < 1.29 is 17.2 Å². The van der Waals surface area contributed by atoms with E-state index in [-0.39, 0.29) is 10.6 Å². The van der Waals surface area contributed by atoms with Gasteiger partial charge in [0.15, 0.2) is 9.84 Å². The van der Waals surface area contributed by atoms with Crippen LogP contribution in [0.5, 0.6) is 0 Å². The number of halogens is 3. The summed E-state index contributed by atoms with van der Waals surface area (Å²) in [6, 6.07) is 6.27. The molecule has 19 heavy (non-hydrogen) atoms. The molecule has 0 spiro atoms.